The van der Waals surface area contributed by atoms with Crippen LogP contribution in [0.2, 0.25) is 0 Å². The standard InChI is InChI=1S/C22H34N4O.ClH/c1-18-8-10-24-22-20(18)16-19(27-3)17-21(22)23-9-6-4-5-7-11-26-14-12-25(2)13-15-26;/h8,10,16-17,23H,4-7,9,11-15H2,1-3H3;1H. The molecule has 1 aliphatic rings. The van der Waals surface area contributed by atoms with Gasteiger partial charge in [-0.15, -0.1) is 12.4 Å². The Bertz CT molecular complexity index is 732. The van der Waals surface area contributed by atoms with E-state index in [0.29, 0.717) is 0 Å². The molecule has 28 heavy (non-hydrogen) atoms. The Kier molecular flexibility index (Phi) is 9.29. The van der Waals surface area contributed by atoms with Crippen LogP contribution in [0.25, 0.3) is 10.9 Å². The van der Waals surface area contributed by atoms with E-state index in [0.717, 1.165) is 28.9 Å². The fraction of sp³-hybridized carbons (Fsp3) is 0.591. The van der Waals surface area contributed by atoms with Crippen molar-refractivity contribution >= 4 is 29.0 Å². The quantitative estimate of drug-likeness (QED) is 0.632. The molecule has 0 saturated carbocycles. The predicted molar refractivity (Wildman–Crippen MR) is 121 cm³/mol. The molecule has 5 nitrogen and oxygen atoms in total. The van der Waals surface area contributed by atoms with Gasteiger partial charge in [0, 0.05) is 50.4 Å². The van der Waals surface area contributed by atoms with Crippen molar-refractivity contribution in [1.82, 2.24) is 14.8 Å². The number of pyridine rings is 1. The SMILES string of the molecule is COc1cc(NCCCCCCN2CCN(C)CC2)c2nccc(C)c2c1.Cl. The summed E-state index contributed by atoms with van der Waals surface area (Å²) in [7, 11) is 3.93. The van der Waals surface area contributed by atoms with Crippen molar-refractivity contribution < 1.29 is 4.74 Å². The van der Waals surface area contributed by atoms with Crippen LogP contribution in [0.15, 0.2) is 24.4 Å². The van der Waals surface area contributed by atoms with Crippen LogP contribution in [0.3, 0.4) is 0 Å². The molecular weight excluding hydrogens is 372 g/mol. The first-order chi connectivity index (χ1) is 13.2. The van der Waals surface area contributed by atoms with Crippen LogP contribution in [0.4, 0.5) is 5.69 Å². The number of nitrogens with one attached hydrogen (secondary N) is 1. The van der Waals surface area contributed by atoms with E-state index >= 15 is 0 Å². The molecule has 1 saturated heterocycles. The summed E-state index contributed by atoms with van der Waals surface area (Å²) in [4.78, 5) is 9.60. The maximum absolute atomic E-state index is 5.47. The zero-order valence-electron chi connectivity index (χ0n) is 17.5. The number of rotatable bonds is 9. The molecule has 1 fully saturated rings. The molecular formula is C22H35ClN4O. The second-order valence-corrected chi connectivity index (χ2v) is 7.68. The van der Waals surface area contributed by atoms with Gasteiger partial charge in [-0.1, -0.05) is 12.8 Å². The fourth-order valence-electron chi connectivity index (χ4n) is 3.72. The number of nitrogens with zero attached hydrogens (tertiary/aromatic N) is 3. The number of methoxy groups -OCH3 is 1. The van der Waals surface area contributed by atoms with Gasteiger partial charge < -0.3 is 19.9 Å². The minimum atomic E-state index is 0. The highest BCUT2D eigenvalue weighted by Gasteiger charge is 2.12. The van der Waals surface area contributed by atoms with Crippen molar-refractivity contribution in [2.24, 2.45) is 0 Å². The van der Waals surface area contributed by atoms with E-state index in [2.05, 4.69) is 46.2 Å². The molecule has 2 heterocycles. The minimum Gasteiger partial charge on any atom is -0.497 e. The third-order valence-corrected chi connectivity index (χ3v) is 5.58. The second-order valence-electron chi connectivity index (χ2n) is 7.68. The summed E-state index contributed by atoms with van der Waals surface area (Å²) in [5.74, 6) is 0.883. The monoisotopic (exact) mass is 406 g/mol. The van der Waals surface area contributed by atoms with Crippen LogP contribution < -0.4 is 10.1 Å². The van der Waals surface area contributed by atoms with Crippen LogP contribution >= 0.6 is 12.4 Å². The molecule has 156 valence electrons. The van der Waals surface area contributed by atoms with Crippen molar-refractivity contribution in [2.75, 3.05) is 58.7 Å². The molecule has 0 spiro atoms. The van der Waals surface area contributed by atoms with E-state index in [4.69, 9.17) is 4.74 Å². The van der Waals surface area contributed by atoms with Crippen molar-refractivity contribution in [3.8, 4) is 5.75 Å². The topological polar surface area (TPSA) is 40.6 Å². The maximum atomic E-state index is 5.47. The van der Waals surface area contributed by atoms with Crippen molar-refractivity contribution in [3.05, 3.63) is 30.0 Å². The third-order valence-electron chi connectivity index (χ3n) is 5.58. The number of benzene rings is 1. The van der Waals surface area contributed by atoms with Gasteiger partial charge in [0.15, 0.2) is 0 Å². The molecule has 1 aromatic heterocycles. The van der Waals surface area contributed by atoms with Crippen LogP contribution in [0.5, 0.6) is 5.75 Å². The summed E-state index contributed by atoms with van der Waals surface area (Å²) in [6.45, 7) is 9.24. The van der Waals surface area contributed by atoms with Crippen LogP contribution in [-0.2, 0) is 0 Å². The van der Waals surface area contributed by atoms with Gasteiger partial charge in [-0.05, 0) is 51.1 Å². The second kappa shape index (κ2) is 11.4. The van der Waals surface area contributed by atoms with E-state index in [-0.39, 0.29) is 12.4 Å². The van der Waals surface area contributed by atoms with Crippen molar-refractivity contribution in [3.63, 3.8) is 0 Å². The van der Waals surface area contributed by atoms with Crippen LogP contribution in [-0.4, -0.2) is 68.2 Å². The molecule has 6 heteroatoms. The summed E-state index contributed by atoms with van der Waals surface area (Å²) < 4.78 is 5.47. The van der Waals surface area contributed by atoms with E-state index in [1.165, 1.54) is 64.0 Å². The van der Waals surface area contributed by atoms with Crippen LogP contribution in [0.1, 0.15) is 31.2 Å². The summed E-state index contributed by atoms with van der Waals surface area (Å²) in [6, 6.07) is 6.18. The summed E-state index contributed by atoms with van der Waals surface area (Å²) >= 11 is 0. The lowest BCUT2D eigenvalue weighted by molar-refractivity contribution is 0.152. The average Bonchev–Trinajstić information content (AvgIpc) is 2.69. The first-order valence-corrected chi connectivity index (χ1v) is 10.3. The van der Waals surface area contributed by atoms with Gasteiger partial charge in [0.2, 0.25) is 0 Å². The number of hydrogen-bond acceptors (Lipinski definition) is 5. The zero-order valence-corrected chi connectivity index (χ0v) is 18.4. The van der Waals surface area contributed by atoms with E-state index < -0.39 is 0 Å². The van der Waals surface area contributed by atoms with Crippen LogP contribution in [0, 0.1) is 6.92 Å². The molecule has 1 aromatic carbocycles. The molecule has 1 aliphatic heterocycles. The van der Waals surface area contributed by atoms with Crippen molar-refractivity contribution in [1.29, 1.82) is 0 Å². The molecule has 0 amide bonds. The summed E-state index contributed by atoms with van der Waals surface area (Å²) in [5, 5.41) is 4.74. The molecule has 0 atom stereocenters. The van der Waals surface area contributed by atoms with Gasteiger partial charge in [-0.3, -0.25) is 4.98 Å². The lowest BCUT2D eigenvalue weighted by Crippen LogP contribution is -2.44. The molecule has 3 rings (SSSR count). The van der Waals surface area contributed by atoms with Gasteiger partial charge in [0.1, 0.15) is 5.75 Å². The van der Waals surface area contributed by atoms with E-state index in [9.17, 15) is 0 Å². The number of likely N-dealkylation sites (N-methyl/N-ethyl adjacent to an activating group) is 1. The number of hydrogen-bond donors (Lipinski definition) is 1. The van der Waals surface area contributed by atoms with E-state index in [1.807, 2.05) is 12.3 Å². The number of aromatic nitrogens is 1. The highest BCUT2D eigenvalue weighted by atomic mass is 35.5. The maximum Gasteiger partial charge on any atom is 0.121 e. The Morgan fingerprint density at radius 3 is 2.57 bits per heavy atom. The Balaban J connectivity index is 0.00000280. The molecule has 0 unspecified atom stereocenters. The summed E-state index contributed by atoms with van der Waals surface area (Å²) in [6.07, 6.45) is 6.97. The summed E-state index contributed by atoms with van der Waals surface area (Å²) in [5.41, 5.74) is 3.34. The number of halogens is 1. The van der Waals surface area contributed by atoms with Crippen molar-refractivity contribution in [2.45, 2.75) is 32.6 Å². The van der Waals surface area contributed by atoms with Gasteiger partial charge in [-0.25, -0.2) is 0 Å². The zero-order chi connectivity index (χ0) is 19.1. The fourth-order valence-corrected chi connectivity index (χ4v) is 3.72. The van der Waals surface area contributed by atoms with Gasteiger partial charge in [-0.2, -0.15) is 0 Å². The number of piperazine rings is 1. The first-order valence-electron chi connectivity index (χ1n) is 10.3. The first kappa shape index (κ1) is 22.7. The number of unbranched alkanes of at least 4 members (excludes halogenated alkanes) is 3. The number of anilines is 1. The third kappa shape index (κ3) is 6.23. The molecule has 0 bridgehead atoms. The normalized spacial score (nSPS) is 15.4. The lowest BCUT2D eigenvalue weighted by atomic mass is 10.1. The Morgan fingerprint density at radius 1 is 1.07 bits per heavy atom. The van der Waals surface area contributed by atoms with Gasteiger partial charge in [0.05, 0.1) is 18.3 Å². The Morgan fingerprint density at radius 2 is 1.82 bits per heavy atom. The highest BCUT2D eigenvalue weighted by molar-refractivity contribution is 5.93. The highest BCUT2D eigenvalue weighted by Crippen LogP contribution is 2.29. The number of fused-ring (bicyclic) bond motifs is 1. The Labute approximate surface area is 175 Å². The Hall–Kier alpha value is -1.56. The molecule has 0 radical (unpaired) electrons. The molecule has 2 aromatic rings. The lowest BCUT2D eigenvalue weighted by Gasteiger charge is -2.32. The van der Waals surface area contributed by atoms with Gasteiger partial charge >= 0.3 is 0 Å². The molecule has 1 N–H and O–H groups in total. The smallest absolute Gasteiger partial charge is 0.121 e. The molecule has 0 aliphatic carbocycles. The number of ether oxygens (including phenoxy) is 1. The largest absolute Gasteiger partial charge is 0.497 e. The minimum absolute atomic E-state index is 0. The average molecular weight is 407 g/mol. The van der Waals surface area contributed by atoms with Gasteiger partial charge in [0.25, 0.3) is 0 Å². The number of aryl methyl sites for hydroxylation is 1. The van der Waals surface area contributed by atoms with E-state index in [1.54, 1.807) is 7.11 Å². The predicted octanol–water partition coefficient (Wildman–Crippen LogP) is 4.19.